The van der Waals surface area contributed by atoms with Gasteiger partial charge in [-0.2, -0.15) is 5.10 Å². The molecule has 2 unspecified atom stereocenters. The van der Waals surface area contributed by atoms with E-state index in [1.165, 1.54) is 0 Å². The Kier molecular flexibility index (Phi) is 5.23. The van der Waals surface area contributed by atoms with Crippen LogP contribution in [0.4, 0.5) is 0 Å². The van der Waals surface area contributed by atoms with Crippen molar-refractivity contribution in [2.45, 2.75) is 53.6 Å². The second kappa shape index (κ2) is 6.07. The van der Waals surface area contributed by atoms with Gasteiger partial charge in [-0.1, -0.05) is 39.3 Å². The van der Waals surface area contributed by atoms with Crippen LogP contribution < -0.4 is 5.32 Å². The lowest BCUT2D eigenvalue weighted by molar-refractivity contribution is 0.223. The van der Waals surface area contributed by atoms with Crippen molar-refractivity contribution in [2.75, 3.05) is 7.05 Å². The van der Waals surface area contributed by atoms with E-state index in [2.05, 4.69) is 45.0 Å². The van der Waals surface area contributed by atoms with Crippen LogP contribution in [0.15, 0.2) is 6.20 Å². The van der Waals surface area contributed by atoms with Gasteiger partial charge in [0.05, 0.1) is 23.0 Å². The first kappa shape index (κ1) is 15.5. The second-order valence-electron chi connectivity index (χ2n) is 6.04. The van der Waals surface area contributed by atoms with Crippen molar-refractivity contribution < 1.29 is 0 Å². The Morgan fingerprint density at radius 2 is 2.06 bits per heavy atom. The summed E-state index contributed by atoms with van der Waals surface area (Å²) in [7, 11) is 1.99. The highest BCUT2D eigenvalue weighted by molar-refractivity contribution is 6.31. The lowest BCUT2D eigenvalue weighted by Gasteiger charge is -2.31. The van der Waals surface area contributed by atoms with Gasteiger partial charge in [0.15, 0.2) is 0 Å². The molecule has 3 nitrogen and oxygen atoms in total. The number of rotatable bonds is 5. The van der Waals surface area contributed by atoms with Gasteiger partial charge < -0.3 is 5.32 Å². The van der Waals surface area contributed by atoms with E-state index in [0.717, 1.165) is 23.7 Å². The Bertz CT molecular complexity index is 379. The average molecular weight is 272 g/mol. The summed E-state index contributed by atoms with van der Waals surface area (Å²) in [6.07, 6.45) is 2.80. The first-order valence-electron chi connectivity index (χ1n) is 6.69. The molecule has 1 rings (SSSR count). The Morgan fingerprint density at radius 3 is 2.50 bits per heavy atom. The number of hydrogen-bond donors (Lipinski definition) is 1. The maximum absolute atomic E-state index is 6.27. The zero-order valence-electron chi connectivity index (χ0n) is 12.4. The third kappa shape index (κ3) is 3.48. The van der Waals surface area contributed by atoms with Crippen molar-refractivity contribution in [3.05, 3.63) is 16.9 Å². The molecule has 4 heteroatoms. The molecule has 0 aliphatic rings. The molecule has 0 aliphatic carbocycles. The van der Waals surface area contributed by atoms with Gasteiger partial charge in [-0.15, -0.1) is 0 Å². The molecule has 2 atom stereocenters. The predicted molar refractivity (Wildman–Crippen MR) is 77.9 cm³/mol. The monoisotopic (exact) mass is 271 g/mol. The van der Waals surface area contributed by atoms with Gasteiger partial charge in [0.2, 0.25) is 0 Å². The van der Waals surface area contributed by atoms with Crippen LogP contribution >= 0.6 is 11.6 Å². The van der Waals surface area contributed by atoms with Gasteiger partial charge >= 0.3 is 0 Å². The van der Waals surface area contributed by atoms with E-state index in [1.54, 1.807) is 6.20 Å². The zero-order valence-corrected chi connectivity index (χ0v) is 13.2. The normalized spacial score (nSPS) is 15.7. The molecule has 0 spiro atoms. The Hall–Kier alpha value is -0.540. The fraction of sp³-hybridized carbons (Fsp3) is 0.786. The Balaban J connectivity index is 2.93. The van der Waals surface area contributed by atoms with Crippen LogP contribution in [0.2, 0.25) is 5.02 Å². The van der Waals surface area contributed by atoms with Crippen molar-refractivity contribution in [3.63, 3.8) is 0 Å². The average Bonchev–Trinajstić information content (AvgIpc) is 2.65. The van der Waals surface area contributed by atoms with Gasteiger partial charge in [-0.3, -0.25) is 4.68 Å². The summed E-state index contributed by atoms with van der Waals surface area (Å²) in [6, 6.07) is 0.258. The molecule has 1 aromatic heterocycles. The van der Waals surface area contributed by atoms with Crippen LogP contribution in [0.3, 0.4) is 0 Å². The number of aromatic nitrogens is 2. The SMILES string of the molecule is CCn1ncc(Cl)c1C(CC(C)C(C)(C)C)NC. The molecule has 1 N–H and O–H groups in total. The molecule has 1 aromatic rings. The van der Waals surface area contributed by atoms with E-state index < -0.39 is 0 Å². The fourth-order valence-electron chi connectivity index (χ4n) is 2.04. The third-order valence-corrected chi connectivity index (χ3v) is 4.17. The first-order valence-corrected chi connectivity index (χ1v) is 7.07. The molecule has 0 saturated heterocycles. The van der Waals surface area contributed by atoms with E-state index >= 15 is 0 Å². The van der Waals surface area contributed by atoms with Gasteiger partial charge in [-0.05, 0) is 31.7 Å². The molecule has 0 bridgehead atoms. The van der Waals surface area contributed by atoms with Crippen molar-refractivity contribution in [1.82, 2.24) is 15.1 Å². The summed E-state index contributed by atoms with van der Waals surface area (Å²) in [5.74, 6) is 0.603. The molecule has 0 aromatic carbocycles. The molecule has 0 radical (unpaired) electrons. The number of halogens is 1. The van der Waals surface area contributed by atoms with E-state index in [1.807, 2.05) is 11.7 Å². The summed E-state index contributed by atoms with van der Waals surface area (Å²) >= 11 is 6.27. The van der Waals surface area contributed by atoms with Crippen molar-refractivity contribution >= 4 is 11.6 Å². The second-order valence-corrected chi connectivity index (χ2v) is 6.44. The minimum atomic E-state index is 0.258. The summed E-state index contributed by atoms with van der Waals surface area (Å²) in [6.45, 7) is 12.1. The molecule has 18 heavy (non-hydrogen) atoms. The molecule has 0 fully saturated rings. The van der Waals surface area contributed by atoms with Crippen LogP contribution in [-0.4, -0.2) is 16.8 Å². The van der Waals surface area contributed by atoms with Crippen LogP contribution in [0.5, 0.6) is 0 Å². The molecule has 1 heterocycles. The van der Waals surface area contributed by atoms with Crippen LogP contribution in [0.25, 0.3) is 0 Å². The van der Waals surface area contributed by atoms with Crippen LogP contribution in [-0.2, 0) is 6.54 Å². The van der Waals surface area contributed by atoms with Crippen molar-refractivity contribution in [3.8, 4) is 0 Å². The van der Waals surface area contributed by atoms with Crippen molar-refractivity contribution in [2.24, 2.45) is 11.3 Å². The lowest BCUT2D eigenvalue weighted by Crippen LogP contribution is -2.27. The minimum absolute atomic E-state index is 0.258. The number of hydrogen-bond acceptors (Lipinski definition) is 2. The molecule has 0 saturated carbocycles. The highest BCUT2D eigenvalue weighted by atomic mass is 35.5. The number of nitrogens with one attached hydrogen (secondary N) is 1. The van der Waals surface area contributed by atoms with Crippen molar-refractivity contribution in [1.29, 1.82) is 0 Å². The third-order valence-electron chi connectivity index (χ3n) is 3.88. The maximum atomic E-state index is 6.27. The number of aryl methyl sites for hydroxylation is 1. The summed E-state index contributed by atoms with van der Waals surface area (Å²) in [5.41, 5.74) is 1.41. The summed E-state index contributed by atoms with van der Waals surface area (Å²) in [5, 5.41) is 8.46. The Morgan fingerprint density at radius 1 is 1.44 bits per heavy atom. The van der Waals surface area contributed by atoms with E-state index in [0.29, 0.717) is 11.3 Å². The smallest absolute Gasteiger partial charge is 0.0834 e. The molecular weight excluding hydrogens is 246 g/mol. The number of nitrogens with zero attached hydrogens (tertiary/aromatic N) is 2. The predicted octanol–water partition coefficient (Wildman–Crippen LogP) is 3.89. The van der Waals surface area contributed by atoms with E-state index in [-0.39, 0.29) is 6.04 Å². The lowest BCUT2D eigenvalue weighted by atomic mass is 9.78. The molecule has 0 aliphatic heterocycles. The fourth-order valence-corrected chi connectivity index (χ4v) is 2.32. The van der Waals surface area contributed by atoms with Gasteiger partial charge in [-0.25, -0.2) is 0 Å². The molecular formula is C14H26ClN3. The Labute approximate surface area is 116 Å². The van der Waals surface area contributed by atoms with E-state index in [4.69, 9.17) is 11.6 Å². The van der Waals surface area contributed by atoms with Gasteiger partial charge in [0, 0.05) is 6.54 Å². The summed E-state index contributed by atoms with van der Waals surface area (Å²) in [4.78, 5) is 0. The van der Waals surface area contributed by atoms with E-state index in [9.17, 15) is 0 Å². The highest BCUT2D eigenvalue weighted by Crippen LogP contribution is 2.35. The largest absolute Gasteiger partial charge is 0.312 e. The van der Waals surface area contributed by atoms with Gasteiger partial charge in [0.25, 0.3) is 0 Å². The van der Waals surface area contributed by atoms with Crippen LogP contribution in [0.1, 0.15) is 52.8 Å². The standard InChI is InChI=1S/C14H26ClN3/c1-7-18-13(11(15)9-17-18)12(16-6)8-10(2)14(3,4)5/h9-10,12,16H,7-8H2,1-6H3. The minimum Gasteiger partial charge on any atom is -0.312 e. The van der Waals surface area contributed by atoms with Gasteiger partial charge in [0.1, 0.15) is 0 Å². The first-order chi connectivity index (χ1) is 8.31. The summed E-state index contributed by atoms with van der Waals surface area (Å²) < 4.78 is 1.98. The molecule has 104 valence electrons. The maximum Gasteiger partial charge on any atom is 0.0834 e. The van der Waals surface area contributed by atoms with Crippen LogP contribution in [0, 0.1) is 11.3 Å². The highest BCUT2D eigenvalue weighted by Gasteiger charge is 2.26. The zero-order chi connectivity index (χ0) is 13.9. The quantitative estimate of drug-likeness (QED) is 0.881. The topological polar surface area (TPSA) is 29.9 Å². The molecule has 0 amide bonds.